The third-order valence-electron chi connectivity index (χ3n) is 3.26. The highest BCUT2D eigenvalue weighted by Crippen LogP contribution is 2.34. The van der Waals surface area contributed by atoms with Crippen LogP contribution < -0.4 is 4.74 Å². The molecule has 0 spiro atoms. The Bertz CT molecular complexity index is 327. The molecule has 0 radical (unpaired) electrons. The van der Waals surface area contributed by atoms with Gasteiger partial charge in [0.2, 0.25) is 0 Å². The summed E-state index contributed by atoms with van der Waals surface area (Å²) >= 11 is 0. The van der Waals surface area contributed by atoms with Crippen LogP contribution in [0.4, 0.5) is 0 Å². The van der Waals surface area contributed by atoms with Gasteiger partial charge >= 0.3 is 0 Å². The van der Waals surface area contributed by atoms with Crippen LogP contribution in [0.15, 0.2) is 24.3 Å². The first kappa shape index (κ1) is 10.5. The molecule has 0 bridgehead atoms. The molecule has 82 valence electrons. The molecule has 0 N–H and O–H groups in total. The first-order chi connectivity index (χ1) is 7.16. The van der Waals surface area contributed by atoms with E-state index < -0.39 is 0 Å². The van der Waals surface area contributed by atoms with E-state index in [0.717, 1.165) is 12.2 Å². The molecule has 2 heteroatoms. The van der Waals surface area contributed by atoms with E-state index in [2.05, 4.69) is 32.9 Å². The lowest BCUT2D eigenvalue weighted by Crippen LogP contribution is -2.60. The van der Waals surface area contributed by atoms with Crippen LogP contribution in [0.2, 0.25) is 0 Å². The summed E-state index contributed by atoms with van der Waals surface area (Å²) in [5.74, 6) is 0.942. The topological polar surface area (TPSA) is 18.5 Å². The van der Waals surface area contributed by atoms with Crippen LogP contribution in [0, 0.1) is 6.92 Å². The van der Waals surface area contributed by atoms with E-state index in [1.807, 2.05) is 12.1 Å². The van der Waals surface area contributed by atoms with Gasteiger partial charge in [-0.15, -0.1) is 0 Å². The molecule has 1 aliphatic heterocycles. The number of ether oxygens (including phenoxy) is 2. The summed E-state index contributed by atoms with van der Waals surface area (Å²) in [4.78, 5) is 0. The van der Waals surface area contributed by atoms with Gasteiger partial charge in [0.15, 0.2) is 5.60 Å². The van der Waals surface area contributed by atoms with E-state index in [4.69, 9.17) is 9.47 Å². The summed E-state index contributed by atoms with van der Waals surface area (Å²) in [5.41, 5.74) is 1.15. The van der Waals surface area contributed by atoms with E-state index in [0.29, 0.717) is 6.61 Å². The molecule has 1 saturated heterocycles. The monoisotopic (exact) mass is 206 g/mol. The molecule has 2 atom stereocenters. The Morgan fingerprint density at radius 2 is 2.07 bits per heavy atom. The van der Waals surface area contributed by atoms with Gasteiger partial charge in [-0.3, -0.25) is 0 Å². The summed E-state index contributed by atoms with van der Waals surface area (Å²) in [6.07, 6.45) is 1.19. The molecular weight excluding hydrogens is 188 g/mol. The Morgan fingerprint density at radius 3 is 2.47 bits per heavy atom. The van der Waals surface area contributed by atoms with Crippen molar-refractivity contribution in [1.82, 2.24) is 0 Å². The van der Waals surface area contributed by atoms with Gasteiger partial charge in [-0.2, -0.15) is 0 Å². The fourth-order valence-corrected chi connectivity index (χ4v) is 1.85. The Balaban J connectivity index is 2.10. The summed E-state index contributed by atoms with van der Waals surface area (Å²) in [5, 5.41) is 0. The SMILES string of the molecule is CCC1(Oc2ccc(C)cc2)COC1C. The van der Waals surface area contributed by atoms with Crippen LogP contribution in [0.1, 0.15) is 25.8 Å². The van der Waals surface area contributed by atoms with Gasteiger partial charge in [-0.25, -0.2) is 0 Å². The zero-order chi connectivity index (χ0) is 10.9. The summed E-state index contributed by atoms with van der Waals surface area (Å²) in [6, 6.07) is 8.20. The maximum atomic E-state index is 6.03. The molecule has 0 aromatic heterocycles. The molecule has 1 fully saturated rings. The minimum absolute atomic E-state index is 0.102. The average Bonchev–Trinajstić information content (AvgIpc) is 2.26. The van der Waals surface area contributed by atoms with E-state index >= 15 is 0 Å². The number of hydrogen-bond donors (Lipinski definition) is 0. The van der Waals surface area contributed by atoms with Gasteiger partial charge < -0.3 is 9.47 Å². The predicted octanol–water partition coefficient (Wildman–Crippen LogP) is 2.94. The predicted molar refractivity (Wildman–Crippen MR) is 60.2 cm³/mol. The lowest BCUT2D eigenvalue weighted by Gasteiger charge is -2.46. The second-order valence-corrected chi connectivity index (χ2v) is 4.29. The lowest BCUT2D eigenvalue weighted by atomic mass is 9.90. The van der Waals surface area contributed by atoms with Gasteiger partial charge in [0, 0.05) is 0 Å². The van der Waals surface area contributed by atoms with Crippen molar-refractivity contribution >= 4 is 0 Å². The van der Waals surface area contributed by atoms with Gasteiger partial charge in [0.1, 0.15) is 5.75 Å². The maximum absolute atomic E-state index is 6.03. The molecule has 0 saturated carbocycles. The maximum Gasteiger partial charge on any atom is 0.157 e. The molecule has 1 heterocycles. The van der Waals surface area contributed by atoms with Crippen molar-refractivity contribution in [2.75, 3.05) is 6.61 Å². The molecule has 0 amide bonds. The van der Waals surface area contributed by atoms with Gasteiger partial charge in [0.25, 0.3) is 0 Å². The second kappa shape index (κ2) is 3.86. The van der Waals surface area contributed by atoms with Crippen molar-refractivity contribution < 1.29 is 9.47 Å². The van der Waals surface area contributed by atoms with Crippen molar-refractivity contribution in [2.45, 2.75) is 38.9 Å². The molecule has 15 heavy (non-hydrogen) atoms. The van der Waals surface area contributed by atoms with Gasteiger partial charge in [-0.1, -0.05) is 24.6 Å². The zero-order valence-corrected chi connectivity index (χ0v) is 9.62. The molecule has 2 nitrogen and oxygen atoms in total. The van der Waals surface area contributed by atoms with Crippen molar-refractivity contribution in [3.63, 3.8) is 0 Å². The van der Waals surface area contributed by atoms with Gasteiger partial charge in [0.05, 0.1) is 12.7 Å². The molecule has 2 unspecified atom stereocenters. The van der Waals surface area contributed by atoms with Crippen LogP contribution in [0.5, 0.6) is 5.75 Å². The van der Waals surface area contributed by atoms with Crippen molar-refractivity contribution in [3.05, 3.63) is 29.8 Å². The zero-order valence-electron chi connectivity index (χ0n) is 9.62. The average molecular weight is 206 g/mol. The summed E-state index contributed by atoms with van der Waals surface area (Å²) in [6.45, 7) is 7.00. The standard InChI is InChI=1S/C13H18O2/c1-4-13(9-14-11(13)3)15-12-7-5-10(2)6-8-12/h5-8,11H,4,9H2,1-3H3. The first-order valence-corrected chi connectivity index (χ1v) is 5.53. The highest BCUT2D eigenvalue weighted by Gasteiger charge is 2.46. The quantitative estimate of drug-likeness (QED) is 0.757. The fraction of sp³-hybridized carbons (Fsp3) is 0.538. The molecule has 0 aliphatic carbocycles. The lowest BCUT2D eigenvalue weighted by molar-refractivity contribution is -0.215. The molecule has 1 aromatic rings. The Hall–Kier alpha value is -1.02. The van der Waals surface area contributed by atoms with E-state index in [1.165, 1.54) is 5.56 Å². The third kappa shape index (κ3) is 1.86. The van der Waals surface area contributed by atoms with E-state index in [1.54, 1.807) is 0 Å². The van der Waals surface area contributed by atoms with Crippen LogP contribution in [-0.2, 0) is 4.74 Å². The van der Waals surface area contributed by atoms with Gasteiger partial charge in [-0.05, 0) is 32.4 Å². The van der Waals surface area contributed by atoms with Crippen LogP contribution in [0.25, 0.3) is 0 Å². The third-order valence-corrected chi connectivity index (χ3v) is 3.26. The molecular formula is C13H18O2. The number of aryl methyl sites for hydroxylation is 1. The minimum atomic E-state index is -0.102. The summed E-state index contributed by atoms with van der Waals surface area (Å²) < 4.78 is 11.4. The molecule has 1 aromatic carbocycles. The van der Waals surface area contributed by atoms with E-state index in [-0.39, 0.29) is 11.7 Å². The van der Waals surface area contributed by atoms with Crippen molar-refractivity contribution in [2.24, 2.45) is 0 Å². The first-order valence-electron chi connectivity index (χ1n) is 5.53. The number of rotatable bonds is 3. The number of benzene rings is 1. The van der Waals surface area contributed by atoms with Crippen molar-refractivity contribution in [3.8, 4) is 5.75 Å². The van der Waals surface area contributed by atoms with Crippen LogP contribution in [0.3, 0.4) is 0 Å². The fourth-order valence-electron chi connectivity index (χ4n) is 1.85. The number of hydrogen-bond acceptors (Lipinski definition) is 2. The van der Waals surface area contributed by atoms with E-state index in [9.17, 15) is 0 Å². The molecule has 1 aliphatic rings. The van der Waals surface area contributed by atoms with Crippen molar-refractivity contribution in [1.29, 1.82) is 0 Å². The van der Waals surface area contributed by atoms with Crippen LogP contribution in [-0.4, -0.2) is 18.3 Å². The minimum Gasteiger partial charge on any atom is -0.482 e. The Labute approximate surface area is 91.2 Å². The Kier molecular flexibility index (Phi) is 2.70. The normalized spacial score (nSPS) is 29.7. The Morgan fingerprint density at radius 1 is 1.40 bits per heavy atom. The largest absolute Gasteiger partial charge is 0.482 e. The second-order valence-electron chi connectivity index (χ2n) is 4.29. The highest BCUT2D eigenvalue weighted by atomic mass is 16.6. The highest BCUT2D eigenvalue weighted by molar-refractivity contribution is 5.27. The smallest absolute Gasteiger partial charge is 0.157 e. The summed E-state index contributed by atoms with van der Waals surface area (Å²) in [7, 11) is 0. The van der Waals surface area contributed by atoms with Crippen LogP contribution >= 0.6 is 0 Å². The molecule has 2 rings (SSSR count).